The largest absolute Gasteiger partial charge is 0.317 e. The normalized spacial score (nSPS) is 11.1. The number of hydrogen-bond acceptors (Lipinski definition) is 0. The zero-order valence-corrected chi connectivity index (χ0v) is 10.2. The van der Waals surface area contributed by atoms with E-state index in [1.54, 1.807) is 0 Å². The van der Waals surface area contributed by atoms with Crippen LogP contribution in [0.25, 0.3) is 28.0 Å². The van der Waals surface area contributed by atoms with E-state index in [1.165, 1.54) is 21.8 Å². The fourth-order valence-corrected chi connectivity index (χ4v) is 2.53. The number of para-hydroxylation sites is 1. The van der Waals surface area contributed by atoms with Crippen molar-refractivity contribution < 1.29 is 0 Å². The van der Waals surface area contributed by atoms with E-state index in [4.69, 9.17) is 0 Å². The quantitative estimate of drug-likeness (QED) is 0.607. The molecule has 0 saturated carbocycles. The van der Waals surface area contributed by atoms with Gasteiger partial charge in [0.05, 0.1) is 11.0 Å². The van der Waals surface area contributed by atoms with Crippen molar-refractivity contribution in [3.63, 3.8) is 0 Å². The van der Waals surface area contributed by atoms with Crippen molar-refractivity contribution in [2.75, 3.05) is 0 Å². The molecule has 16 heavy (non-hydrogen) atoms. The number of benzene rings is 2. The molecule has 2 aromatic carbocycles. The van der Waals surface area contributed by atoms with Crippen LogP contribution in [0, 0.1) is 0 Å². The molecule has 1 heterocycles. The van der Waals surface area contributed by atoms with Gasteiger partial charge in [0.1, 0.15) is 0 Å². The Morgan fingerprint density at radius 1 is 1.00 bits per heavy atom. The third kappa shape index (κ3) is 1.23. The highest BCUT2D eigenvalue weighted by molar-refractivity contribution is 9.10. The third-order valence-corrected chi connectivity index (χ3v) is 3.35. The van der Waals surface area contributed by atoms with Crippen molar-refractivity contribution in [2.24, 2.45) is 0 Å². The van der Waals surface area contributed by atoms with Crippen LogP contribution in [-0.2, 0) is 0 Å². The fraction of sp³-hybridized carbons (Fsp3) is 0. The first kappa shape index (κ1) is 9.67. The number of halogens is 1. The van der Waals surface area contributed by atoms with Crippen LogP contribution >= 0.6 is 15.9 Å². The van der Waals surface area contributed by atoms with Gasteiger partial charge >= 0.3 is 0 Å². The second-order valence-corrected chi connectivity index (χ2v) is 4.65. The lowest BCUT2D eigenvalue weighted by atomic mass is 10.2. The van der Waals surface area contributed by atoms with Crippen LogP contribution in [0.3, 0.4) is 0 Å². The molecule has 0 saturated heterocycles. The van der Waals surface area contributed by atoms with Crippen LogP contribution in [0.4, 0.5) is 0 Å². The lowest BCUT2D eigenvalue weighted by molar-refractivity contribution is 1.30. The van der Waals surface area contributed by atoms with E-state index in [-0.39, 0.29) is 0 Å². The first-order valence-corrected chi connectivity index (χ1v) is 5.91. The second kappa shape index (κ2) is 3.49. The van der Waals surface area contributed by atoms with Gasteiger partial charge in [-0.15, -0.1) is 0 Å². The summed E-state index contributed by atoms with van der Waals surface area (Å²) in [5.41, 5.74) is 2.39. The van der Waals surface area contributed by atoms with Gasteiger partial charge in [0.2, 0.25) is 0 Å². The first-order valence-electron chi connectivity index (χ1n) is 5.12. The first-order chi connectivity index (χ1) is 7.81. The summed E-state index contributed by atoms with van der Waals surface area (Å²) in [5, 5.41) is 2.52. The summed E-state index contributed by atoms with van der Waals surface area (Å²) in [6.07, 6.45) is 1.86. The number of fused-ring (bicyclic) bond motifs is 3. The van der Waals surface area contributed by atoms with E-state index in [9.17, 15) is 0 Å². The molecule has 1 nitrogen and oxygen atoms in total. The summed E-state index contributed by atoms with van der Waals surface area (Å²) in [6, 6.07) is 14.7. The highest BCUT2D eigenvalue weighted by Crippen LogP contribution is 2.30. The van der Waals surface area contributed by atoms with Gasteiger partial charge in [-0.05, 0) is 24.3 Å². The molecule has 0 aliphatic heterocycles. The van der Waals surface area contributed by atoms with Gasteiger partial charge in [0, 0.05) is 21.4 Å². The van der Waals surface area contributed by atoms with E-state index in [0.29, 0.717) is 0 Å². The predicted octanol–water partition coefficient (Wildman–Crippen LogP) is 4.66. The van der Waals surface area contributed by atoms with Crippen LogP contribution in [0.2, 0.25) is 0 Å². The van der Waals surface area contributed by atoms with E-state index >= 15 is 0 Å². The lowest BCUT2D eigenvalue weighted by Crippen LogP contribution is -1.83. The number of rotatable bonds is 1. The molecule has 0 aliphatic rings. The van der Waals surface area contributed by atoms with Crippen LogP contribution in [0.5, 0.6) is 0 Å². The molecule has 1 aromatic heterocycles. The third-order valence-electron chi connectivity index (χ3n) is 2.85. The minimum Gasteiger partial charge on any atom is -0.317 e. The van der Waals surface area contributed by atoms with E-state index in [1.807, 2.05) is 6.20 Å². The van der Waals surface area contributed by atoms with Gasteiger partial charge in [0.25, 0.3) is 0 Å². The van der Waals surface area contributed by atoms with Gasteiger partial charge in [0.15, 0.2) is 0 Å². The summed E-state index contributed by atoms with van der Waals surface area (Å²) < 4.78 is 3.23. The Morgan fingerprint density at radius 2 is 1.75 bits per heavy atom. The van der Waals surface area contributed by atoms with Crippen molar-refractivity contribution in [2.45, 2.75) is 0 Å². The molecule has 0 radical (unpaired) electrons. The molecule has 0 bridgehead atoms. The smallest absolute Gasteiger partial charge is 0.0535 e. The maximum atomic E-state index is 3.88. The minimum atomic E-state index is 1.10. The van der Waals surface area contributed by atoms with Gasteiger partial charge in [-0.3, -0.25) is 0 Å². The van der Waals surface area contributed by atoms with Crippen molar-refractivity contribution >= 4 is 43.9 Å². The van der Waals surface area contributed by atoms with Crippen molar-refractivity contribution in [1.29, 1.82) is 0 Å². The summed E-state index contributed by atoms with van der Waals surface area (Å²) in [6.45, 7) is 3.88. The van der Waals surface area contributed by atoms with Crippen LogP contribution < -0.4 is 0 Å². The topological polar surface area (TPSA) is 4.93 Å². The molecule has 78 valence electrons. The van der Waals surface area contributed by atoms with Gasteiger partial charge in [-0.25, -0.2) is 0 Å². The standard InChI is InChI=1S/C14H10BrN/c1-2-16-13-6-4-3-5-11(13)12-9-10(15)7-8-14(12)16/h2-9H,1H2. The molecule has 3 aromatic rings. The molecule has 0 aliphatic carbocycles. The molecule has 0 N–H and O–H groups in total. The van der Waals surface area contributed by atoms with Crippen molar-refractivity contribution in [1.82, 2.24) is 4.57 Å². The summed E-state index contributed by atoms with van der Waals surface area (Å²) in [4.78, 5) is 0. The Labute approximate surface area is 102 Å². The molecule has 3 rings (SSSR count). The molecule has 2 heteroatoms. The molecular formula is C14H10BrN. The average molecular weight is 272 g/mol. The summed E-state index contributed by atoms with van der Waals surface area (Å²) in [7, 11) is 0. The Morgan fingerprint density at radius 3 is 2.56 bits per heavy atom. The second-order valence-electron chi connectivity index (χ2n) is 3.73. The summed E-state index contributed by atoms with van der Waals surface area (Å²) >= 11 is 3.51. The monoisotopic (exact) mass is 271 g/mol. The van der Waals surface area contributed by atoms with Crippen LogP contribution in [-0.4, -0.2) is 4.57 Å². The van der Waals surface area contributed by atoms with Gasteiger partial charge in [-0.1, -0.05) is 40.7 Å². The summed E-state index contributed by atoms with van der Waals surface area (Å²) in [5.74, 6) is 0. The SMILES string of the molecule is C=Cn1c2ccccc2c2cc(Br)ccc21. The van der Waals surface area contributed by atoms with Crippen molar-refractivity contribution in [3.8, 4) is 0 Å². The van der Waals surface area contributed by atoms with Gasteiger partial charge in [-0.2, -0.15) is 0 Å². The molecule has 0 unspecified atom stereocenters. The number of nitrogens with zero attached hydrogens (tertiary/aromatic N) is 1. The Balaban J connectivity index is 2.64. The zero-order chi connectivity index (χ0) is 11.1. The number of hydrogen-bond donors (Lipinski definition) is 0. The van der Waals surface area contributed by atoms with Gasteiger partial charge < -0.3 is 4.57 Å². The van der Waals surface area contributed by atoms with Crippen LogP contribution in [0.1, 0.15) is 0 Å². The van der Waals surface area contributed by atoms with E-state index in [0.717, 1.165) is 4.47 Å². The molecule has 0 atom stereocenters. The minimum absolute atomic E-state index is 1.10. The maximum absolute atomic E-state index is 3.88. The molecular weight excluding hydrogens is 262 g/mol. The number of aromatic nitrogens is 1. The van der Waals surface area contributed by atoms with E-state index in [2.05, 4.69) is 69.5 Å². The molecule has 0 amide bonds. The highest BCUT2D eigenvalue weighted by Gasteiger charge is 2.07. The predicted molar refractivity (Wildman–Crippen MR) is 73.5 cm³/mol. The maximum Gasteiger partial charge on any atom is 0.0535 e. The molecule has 0 fully saturated rings. The zero-order valence-electron chi connectivity index (χ0n) is 8.65. The Kier molecular flexibility index (Phi) is 2.11. The fourth-order valence-electron chi connectivity index (χ4n) is 2.17. The highest BCUT2D eigenvalue weighted by atomic mass is 79.9. The Hall–Kier alpha value is -1.54. The average Bonchev–Trinajstić information content (AvgIpc) is 2.62. The molecule has 0 spiro atoms. The van der Waals surface area contributed by atoms with Crippen molar-refractivity contribution in [3.05, 3.63) is 53.5 Å². The van der Waals surface area contributed by atoms with E-state index < -0.39 is 0 Å². The lowest BCUT2D eigenvalue weighted by Gasteiger charge is -1.98. The van der Waals surface area contributed by atoms with Crippen LogP contribution in [0.15, 0.2) is 53.5 Å². The Bertz CT molecular complexity index is 694.